The zero-order valence-electron chi connectivity index (χ0n) is 20.6. The molecule has 0 atom stereocenters. The highest BCUT2D eigenvalue weighted by Gasteiger charge is 2.13. The van der Waals surface area contributed by atoms with Crippen LogP contribution >= 0.6 is 0 Å². The summed E-state index contributed by atoms with van der Waals surface area (Å²) < 4.78 is 26.0. The first-order chi connectivity index (χ1) is 18.0. The topological polar surface area (TPSA) is 104 Å². The van der Waals surface area contributed by atoms with Crippen LogP contribution in [0, 0.1) is 12.7 Å². The minimum absolute atomic E-state index is 0.0336. The Labute approximate surface area is 214 Å². The van der Waals surface area contributed by atoms with Crippen molar-refractivity contribution in [3.05, 3.63) is 71.8 Å². The van der Waals surface area contributed by atoms with E-state index in [1.54, 1.807) is 24.3 Å². The Morgan fingerprint density at radius 2 is 2.05 bits per heavy atom. The summed E-state index contributed by atoms with van der Waals surface area (Å²) >= 11 is 0. The Bertz CT molecular complexity index is 1390. The molecule has 0 bridgehead atoms. The van der Waals surface area contributed by atoms with Gasteiger partial charge in [-0.2, -0.15) is 4.98 Å². The van der Waals surface area contributed by atoms with Crippen LogP contribution in [0.3, 0.4) is 0 Å². The number of morpholine rings is 1. The van der Waals surface area contributed by atoms with E-state index in [4.69, 9.17) is 9.47 Å². The van der Waals surface area contributed by atoms with Gasteiger partial charge in [0.1, 0.15) is 0 Å². The molecule has 4 aromatic rings. The van der Waals surface area contributed by atoms with Crippen LogP contribution in [0.2, 0.25) is 0 Å². The fraction of sp³-hybridized carbons (Fsp3) is 0.296. The van der Waals surface area contributed by atoms with Crippen LogP contribution in [0.5, 0.6) is 11.6 Å². The van der Waals surface area contributed by atoms with Gasteiger partial charge in [0.2, 0.25) is 17.7 Å². The van der Waals surface area contributed by atoms with Crippen molar-refractivity contribution in [3.8, 4) is 11.6 Å². The number of benzene rings is 2. The highest BCUT2D eigenvalue weighted by Crippen LogP contribution is 2.30. The second-order valence-electron chi connectivity index (χ2n) is 8.92. The first-order valence-electron chi connectivity index (χ1n) is 12.2. The maximum absolute atomic E-state index is 14.9. The van der Waals surface area contributed by atoms with E-state index in [0.29, 0.717) is 23.4 Å². The summed E-state index contributed by atoms with van der Waals surface area (Å²) in [6.45, 7) is 6.57. The zero-order valence-corrected chi connectivity index (χ0v) is 20.6. The van der Waals surface area contributed by atoms with Crippen LogP contribution in [0.1, 0.15) is 11.3 Å². The number of hydrogen-bond donors (Lipinski definition) is 3. The van der Waals surface area contributed by atoms with Gasteiger partial charge < -0.3 is 25.1 Å². The van der Waals surface area contributed by atoms with Crippen molar-refractivity contribution < 1.29 is 18.7 Å². The SMILES string of the molecule is Cc1cc2c(F)c(Oc3ccnc(Nc4cccc(CC(=O)NCCN5CCOCC5)c4)n3)ccc2[nH]1. The quantitative estimate of drug-likeness (QED) is 0.317. The van der Waals surface area contributed by atoms with Gasteiger partial charge >= 0.3 is 0 Å². The van der Waals surface area contributed by atoms with Crippen molar-refractivity contribution in [2.75, 3.05) is 44.7 Å². The lowest BCUT2D eigenvalue weighted by molar-refractivity contribution is -0.120. The number of nitrogens with zero attached hydrogens (tertiary/aromatic N) is 3. The van der Waals surface area contributed by atoms with Gasteiger partial charge in [0.25, 0.3) is 0 Å². The van der Waals surface area contributed by atoms with Crippen LogP contribution in [0.4, 0.5) is 16.0 Å². The van der Waals surface area contributed by atoms with Crippen LogP contribution in [0.25, 0.3) is 10.9 Å². The predicted octanol–water partition coefficient (Wildman–Crippen LogP) is 3.93. The molecule has 1 aliphatic rings. The summed E-state index contributed by atoms with van der Waals surface area (Å²) in [5.74, 6) is 0.0970. The molecule has 2 aromatic carbocycles. The Morgan fingerprint density at radius 3 is 2.92 bits per heavy atom. The lowest BCUT2D eigenvalue weighted by Crippen LogP contribution is -2.41. The Kier molecular flexibility index (Phi) is 7.57. The van der Waals surface area contributed by atoms with Crippen LogP contribution in [-0.4, -0.2) is 65.2 Å². The zero-order chi connectivity index (χ0) is 25.6. The molecule has 5 rings (SSSR count). The van der Waals surface area contributed by atoms with Gasteiger partial charge in [0, 0.05) is 60.7 Å². The third kappa shape index (κ3) is 6.41. The minimum atomic E-state index is -0.453. The summed E-state index contributed by atoms with van der Waals surface area (Å²) in [6, 6.07) is 14.1. The van der Waals surface area contributed by atoms with E-state index in [1.165, 1.54) is 6.20 Å². The van der Waals surface area contributed by atoms with E-state index in [0.717, 1.165) is 49.8 Å². The van der Waals surface area contributed by atoms with Gasteiger partial charge in [0.05, 0.1) is 19.6 Å². The largest absolute Gasteiger partial charge is 0.436 e. The summed E-state index contributed by atoms with van der Waals surface area (Å²) in [5.41, 5.74) is 3.16. The summed E-state index contributed by atoms with van der Waals surface area (Å²) in [4.78, 5) is 26.4. The number of aryl methyl sites for hydroxylation is 1. The van der Waals surface area contributed by atoms with E-state index < -0.39 is 5.82 Å². The average Bonchev–Trinajstić information content (AvgIpc) is 3.28. The number of hydrogen-bond acceptors (Lipinski definition) is 7. The monoisotopic (exact) mass is 504 g/mol. The number of aromatic amines is 1. The van der Waals surface area contributed by atoms with E-state index in [9.17, 15) is 9.18 Å². The Hall–Kier alpha value is -4.02. The molecule has 1 fully saturated rings. The number of ether oxygens (including phenoxy) is 2. The van der Waals surface area contributed by atoms with E-state index in [2.05, 4.69) is 30.5 Å². The average molecular weight is 505 g/mol. The summed E-state index contributed by atoms with van der Waals surface area (Å²) in [5, 5.41) is 6.57. The molecule has 0 aliphatic carbocycles. The number of anilines is 2. The van der Waals surface area contributed by atoms with Crippen molar-refractivity contribution >= 4 is 28.4 Å². The molecule has 1 amide bonds. The third-order valence-corrected chi connectivity index (χ3v) is 6.08. The number of carbonyl (C=O) groups excluding carboxylic acids is 1. The number of amides is 1. The lowest BCUT2D eigenvalue weighted by atomic mass is 10.1. The number of aromatic nitrogens is 3. The fourth-order valence-electron chi connectivity index (χ4n) is 4.25. The Balaban J connectivity index is 1.18. The minimum Gasteiger partial charge on any atom is -0.436 e. The number of H-pyrrole nitrogens is 1. The van der Waals surface area contributed by atoms with E-state index in [1.807, 2.05) is 31.2 Å². The molecule has 0 saturated carbocycles. The highest BCUT2D eigenvalue weighted by molar-refractivity contribution is 5.83. The third-order valence-electron chi connectivity index (χ3n) is 6.08. The number of halogens is 1. The number of carbonyl (C=O) groups is 1. The number of nitrogens with one attached hydrogen (secondary N) is 3. The molecule has 0 spiro atoms. The molecule has 37 heavy (non-hydrogen) atoms. The maximum atomic E-state index is 14.9. The van der Waals surface area contributed by atoms with Crippen LogP contribution < -0.4 is 15.4 Å². The van der Waals surface area contributed by atoms with E-state index in [-0.39, 0.29) is 24.0 Å². The van der Waals surface area contributed by atoms with Gasteiger partial charge in [-0.3, -0.25) is 9.69 Å². The van der Waals surface area contributed by atoms with Gasteiger partial charge in [0.15, 0.2) is 11.6 Å². The molecule has 1 aliphatic heterocycles. The van der Waals surface area contributed by atoms with E-state index >= 15 is 0 Å². The van der Waals surface area contributed by atoms with Crippen molar-refractivity contribution in [2.24, 2.45) is 0 Å². The predicted molar refractivity (Wildman–Crippen MR) is 139 cm³/mol. The molecular formula is C27H29FN6O3. The van der Waals surface area contributed by atoms with Gasteiger partial charge in [-0.1, -0.05) is 12.1 Å². The maximum Gasteiger partial charge on any atom is 0.230 e. The molecule has 10 heteroatoms. The van der Waals surface area contributed by atoms with Gasteiger partial charge in [-0.25, -0.2) is 9.37 Å². The molecule has 0 unspecified atom stereocenters. The van der Waals surface area contributed by atoms with Crippen molar-refractivity contribution in [3.63, 3.8) is 0 Å². The molecule has 9 nitrogen and oxygen atoms in total. The van der Waals surface area contributed by atoms with Crippen molar-refractivity contribution in [2.45, 2.75) is 13.3 Å². The normalized spacial score (nSPS) is 14.0. The lowest BCUT2D eigenvalue weighted by Gasteiger charge is -2.26. The van der Waals surface area contributed by atoms with Crippen LogP contribution in [0.15, 0.2) is 54.7 Å². The molecule has 0 radical (unpaired) electrons. The summed E-state index contributed by atoms with van der Waals surface area (Å²) in [7, 11) is 0. The first-order valence-corrected chi connectivity index (χ1v) is 12.2. The van der Waals surface area contributed by atoms with Crippen LogP contribution in [-0.2, 0) is 16.0 Å². The standard InChI is InChI=1S/C27H29FN6O3/c1-18-15-21-22(31-18)5-6-23(26(21)28)37-25-7-8-30-27(33-25)32-20-4-2-3-19(16-20)17-24(35)29-9-10-34-11-13-36-14-12-34/h2-8,15-16,31H,9-14,17H2,1H3,(H,29,35)(H,30,32,33). The second kappa shape index (κ2) is 11.4. The van der Waals surface area contributed by atoms with Crippen molar-refractivity contribution in [1.82, 2.24) is 25.2 Å². The molecule has 1 saturated heterocycles. The Morgan fingerprint density at radius 1 is 1.19 bits per heavy atom. The second-order valence-corrected chi connectivity index (χ2v) is 8.92. The molecule has 3 heterocycles. The van der Waals surface area contributed by atoms with Crippen molar-refractivity contribution in [1.29, 1.82) is 0 Å². The summed E-state index contributed by atoms with van der Waals surface area (Å²) in [6.07, 6.45) is 1.80. The fourth-order valence-corrected chi connectivity index (χ4v) is 4.25. The smallest absolute Gasteiger partial charge is 0.230 e. The molecule has 2 aromatic heterocycles. The number of fused-ring (bicyclic) bond motifs is 1. The highest BCUT2D eigenvalue weighted by atomic mass is 19.1. The van der Waals surface area contributed by atoms with Gasteiger partial charge in [-0.05, 0) is 42.8 Å². The molecule has 192 valence electrons. The number of rotatable bonds is 9. The van der Waals surface area contributed by atoms with Gasteiger partial charge in [-0.15, -0.1) is 0 Å². The molecule has 3 N–H and O–H groups in total. The molecular weight excluding hydrogens is 475 g/mol. The first kappa shape index (κ1) is 24.7.